The average Bonchev–Trinajstić information content (AvgIpc) is 2.23. The molecule has 0 aromatic heterocycles. The van der Waals surface area contributed by atoms with Crippen molar-refractivity contribution in [1.29, 1.82) is 0 Å². The number of rotatable bonds is 2. The molecule has 0 atom stereocenters. The predicted molar refractivity (Wildman–Crippen MR) is 60.6 cm³/mol. The molecule has 1 aromatic rings. The first kappa shape index (κ1) is 11.6. The molecule has 1 rings (SSSR count). The Bertz CT molecular complexity index is 397. The molecule has 0 heterocycles. The normalized spacial score (nSPS) is 9.93. The SMILES string of the molecule is CNC(=O)c1cc(C)c(OC)c(C)c1C. The lowest BCUT2D eigenvalue weighted by Crippen LogP contribution is -2.19. The first-order valence-corrected chi connectivity index (χ1v) is 4.89. The van der Waals surface area contributed by atoms with Crippen LogP contribution in [0.15, 0.2) is 6.07 Å². The number of carbonyl (C=O) groups excluding carboxylic acids is 1. The van der Waals surface area contributed by atoms with E-state index in [0.29, 0.717) is 5.56 Å². The number of nitrogens with one attached hydrogen (secondary N) is 1. The second-order valence-corrected chi connectivity index (χ2v) is 3.60. The zero-order valence-electron chi connectivity index (χ0n) is 9.89. The van der Waals surface area contributed by atoms with Gasteiger partial charge in [-0.05, 0) is 43.5 Å². The second kappa shape index (κ2) is 4.34. The van der Waals surface area contributed by atoms with Crippen molar-refractivity contribution in [2.75, 3.05) is 14.2 Å². The van der Waals surface area contributed by atoms with Gasteiger partial charge in [0.15, 0.2) is 0 Å². The minimum atomic E-state index is -0.0543. The maximum atomic E-state index is 11.6. The fourth-order valence-corrected chi connectivity index (χ4v) is 1.74. The molecule has 82 valence electrons. The standard InChI is InChI=1S/C12H17NO2/c1-7-6-10(12(14)13-4)8(2)9(3)11(7)15-5/h6H,1-5H3,(H,13,14). The highest BCUT2D eigenvalue weighted by Crippen LogP contribution is 2.28. The smallest absolute Gasteiger partial charge is 0.251 e. The van der Waals surface area contributed by atoms with Crippen molar-refractivity contribution in [3.63, 3.8) is 0 Å². The van der Waals surface area contributed by atoms with Gasteiger partial charge in [-0.25, -0.2) is 0 Å². The van der Waals surface area contributed by atoms with Gasteiger partial charge in [-0.2, -0.15) is 0 Å². The van der Waals surface area contributed by atoms with Gasteiger partial charge in [-0.15, -0.1) is 0 Å². The third kappa shape index (κ3) is 1.96. The average molecular weight is 207 g/mol. The summed E-state index contributed by atoms with van der Waals surface area (Å²) in [6.45, 7) is 5.84. The van der Waals surface area contributed by atoms with Crippen LogP contribution in [0.4, 0.5) is 0 Å². The number of hydrogen-bond donors (Lipinski definition) is 1. The Morgan fingerprint density at radius 1 is 1.27 bits per heavy atom. The number of hydrogen-bond acceptors (Lipinski definition) is 2. The lowest BCUT2D eigenvalue weighted by Gasteiger charge is -2.14. The van der Waals surface area contributed by atoms with Crippen molar-refractivity contribution in [1.82, 2.24) is 5.32 Å². The highest BCUT2D eigenvalue weighted by atomic mass is 16.5. The number of methoxy groups -OCH3 is 1. The zero-order valence-corrected chi connectivity index (χ0v) is 9.89. The summed E-state index contributed by atoms with van der Waals surface area (Å²) in [6, 6.07) is 1.86. The summed E-state index contributed by atoms with van der Waals surface area (Å²) in [5.74, 6) is 0.807. The number of amides is 1. The molecule has 3 heteroatoms. The third-order valence-electron chi connectivity index (χ3n) is 2.70. The van der Waals surface area contributed by atoms with Crippen molar-refractivity contribution in [2.24, 2.45) is 0 Å². The molecule has 0 aliphatic rings. The quantitative estimate of drug-likeness (QED) is 0.805. The minimum Gasteiger partial charge on any atom is -0.496 e. The summed E-state index contributed by atoms with van der Waals surface area (Å²) >= 11 is 0. The van der Waals surface area contributed by atoms with Crippen molar-refractivity contribution in [3.8, 4) is 5.75 Å². The minimum absolute atomic E-state index is 0.0543. The van der Waals surface area contributed by atoms with Crippen LogP contribution in [-0.2, 0) is 0 Å². The van der Waals surface area contributed by atoms with Crippen LogP contribution >= 0.6 is 0 Å². The lowest BCUT2D eigenvalue weighted by molar-refractivity contribution is 0.0962. The van der Waals surface area contributed by atoms with Gasteiger partial charge >= 0.3 is 0 Å². The predicted octanol–water partition coefficient (Wildman–Crippen LogP) is 1.98. The van der Waals surface area contributed by atoms with Crippen LogP contribution in [0, 0.1) is 20.8 Å². The highest BCUT2D eigenvalue weighted by Gasteiger charge is 2.14. The Morgan fingerprint density at radius 3 is 2.33 bits per heavy atom. The van der Waals surface area contributed by atoms with Gasteiger partial charge in [0.25, 0.3) is 5.91 Å². The summed E-state index contributed by atoms with van der Waals surface area (Å²) < 4.78 is 5.29. The summed E-state index contributed by atoms with van der Waals surface area (Å²) in [5.41, 5.74) is 3.69. The number of ether oxygens (including phenoxy) is 1. The molecule has 0 aliphatic carbocycles. The van der Waals surface area contributed by atoms with E-state index in [1.54, 1.807) is 14.2 Å². The van der Waals surface area contributed by atoms with E-state index in [2.05, 4.69) is 5.32 Å². The van der Waals surface area contributed by atoms with Gasteiger partial charge in [0.2, 0.25) is 0 Å². The van der Waals surface area contributed by atoms with Crippen LogP contribution in [0.5, 0.6) is 5.75 Å². The largest absolute Gasteiger partial charge is 0.496 e. The van der Waals surface area contributed by atoms with Gasteiger partial charge in [-0.1, -0.05) is 0 Å². The van der Waals surface area contributed by atoms with Gasteiger partial charge in [0, 0.05) is 12.6 Å². The molecule has 0 radical (unpaired) electrons. The van der Waals surface area contributed by atoms with Crippen LogP contribution in [0.2, 0.25) is 0 Å². The number of carbonyl (C=O) groups is 1. The molecule has 1 N–H and O–H groups in total. The molecular formula is C12H17NO2. The van der Waals surface area contributed by atoms with E-state index < -0.39 is 0 Å². The zero-order chi connectivity index (χ0) is 11.6. The number of aryl methyl sites for hydroxylation is 1. The number of benzene rings is 1. The summed E-state index contributed by atoms with van der Waals surface area (Å²) in [6.07, 6.45) is 0. The lowest BCUT2D eigenvalue weighted by atomic mass is 9.98. The van der Waals surface area contributed by atoms with Crippen molar-refractivity contribution >= 4 is 5.91 Å². The van der Waals surface area contributed by atoms with E-state index in [1.807, 2.05) is 26.8 Å². The Balaban J connectivity index is 3.40. The van der Waals surface area contributed by atoms with Crippen LogP contribution in [0.1, 0.15) is 27.0 Å². The summed E-state index contributed by atoms with van der Waals surface area (Å²) in [7, 11) is 3.28. The molecule has 0 bridgehead atoms. The van der Waals surface area contributed by atoms with Gasteiger partial charge in [0.05, 0.1) is 7.11 Å². The van der Waals surface area contributed by atoms with E-state index in [0.717, 1.165) is 22.4 Å². The van der Waals surface area contributed by atoms with Crippen LogP contribution < -0.4 is 10.1 Å². The van der Waals surface area contributed by atoms with E-state index >= 15 is 0 Å². The van der Waals surface area contributed by atoms with E-state index in [1.165, 1.54) is 0 Å². The molecule has 0 saturated carbocycles. The fourth-order valence-electron chi connectivity index (χ4n) is 1.74. The molecule has 15 heavy (non-hydrogen) atoms. The topological polar surface area (TPSA) is 38.3 Å². The van der Waals surface area contributed by atoms with E-state index in [9.17, 15) is 4.79 Å². The molecular weight excluding hydrogens is 190 g/mol. The maximum Gasteiger partial charge on any atom is 0.251 e. The summed E-state index contributed by atoms with van der Waals surface area (Å²) in [5, 5.41) is 2.63. The van der Waals surface area contributed by atoms with Crippen molar-refractivity contribution < 1.29 is 9.53 Å². The monoisotopic (exact) mass is 207 g/mol. The molecule has 0 saturated heterocycles. The first-order valence-electron chi connectivity index (χ1n) is 4.89. The third-order valence-corrected chi connectivity index (χ3v) is 2.70. The molecule has 0 spiro atoms. The van der Waals surface area contributed by atoms with Crippen molar-refractivity contribution in [2.45, 2.75) is 20.8 Å². The fraction of sp³-hybridized carbons (Fsp3) is 0.417. The first-order chi connectivity index (χ1) is 7.02. The molecule has 1 amide bonds. The second-order valence-electron chi connectivity index (χ2n) is 3.60. The van der Waals surface area contributed by atoms with Crippen LogP contribution in [0.25, 0.3) is 0 Å². The molecule has 1 aromatic carbocycles. The van der Waals surface area contributed by atoms with Crippen LogP contribution in [0.3, 0.4) is 0 Å². The van der Waals surface area contributed by atoms with Gasteiger partial charge < -0.3 is 10.1 Å². The Hall–Kier alpha value is -1.51. The Labute approximate surface area is 90.4 Å². The molecule has 3 nitrogen and oxygen atoms in total. The van der Waals surface area contributed by atoms with Gasteiger partial charge in [-0.3, -0.25) is 4.79 Å². The van der Waals surface area contributed by atoms with Gasteiger partial charge in [0.1, 0.15) is 5.75 Å². The highest BCUT2D eigenvalue weighted by molar-refractivity contribution is 5.96. The molecule has 0 aliphatic heterocycles. The molecule has 0 unspecified atom stereocenters. The van der Waals surface area contributed by atoms with E-state index in [-0.39, 0.29) is 5.91 Å². The maximum absolute atomic E-state index is 11.6. The summed E-state index contributed by atoms with van der Waals surface area (Å²) in [4.78, 5) is 11.6. The molecule has 0 fully saturated rings. The van der Waals surface area contributed by atoms with Crippen molar-refractivity contribution in [3.05, 3.63) is 28.3 Å². The van der Waals surface area contributed by atoms with Crippen LogP contribution in [-0.4, -0.2) is 20.1 Å². The Kier molecular flexibility index (Phi) is 3.35. The Morgan fingerprint density at radius 2 is 1.87 bits per heavy atom. The van der Waals surface area contributed by atoms with E-state index in [4.69, 9.17) is 4.74 Å².